The fourth-order valence-electron chi connectivity index (χ4n) is 2.48. The number of amides is 2. The van der Waals surface area contributed by atoms with Crippen LogP contribution in [0.5, 0.6) is 5.75 Å². The minimum absolute atomic E-state index is 0.0214. The van der Waals surface area contributed by atoms with Gasteiger partial charge in [-0.3, -0.25) is 9.59 Å². The number of benzene rings is 2. The fraction of sp³-hybridized carbons (Fsp3) is 0.158. The first-order valence-corrected chi connectivity index (χ1v) is 7.98. The highest BCUT2D eigenvalue weighted by molar-refractivity contribution is 6.04. The molecule has 0 heterocycles. The summed E-state index contributed by atoms with van der Waals surface area (Å²) in [7, 11) is 0. The lowest BCUT2D eigenvalue weighted by molar-refractivity contribution is -0.122. The first-order valence-electron chi connectivity index (χ1n) is 7.98. The van der Waals surface area contributed by atoms with E-state index in [9.17, 15) is 24.6 Å². The topological polar surface area (TPSA) is 140 Å². The monoisotopic (exact) mass is 367 g/mol. The summed E-state index contributed by atoms with van der Waals surface area (Å²) in [6, 6.07) is 13.4. The average Bonchev–Trinajstić information content (AvgIpc) is 2.67. The van der Waals surface area contributed by atoms with Gasteiger partial charge in [0, 0.05) is 6.54 Å². The Kier molecular flexibility index (Phi) is 6.49. The number of nitrogens with zero attached hydrogens (tertiary/aromatic N) is 1. The van der Waals surface area contributed by atoms with Gasteiger partial charge in [-0.15, -0.1) is 0 Å². The van der Waals surface area contributed by atoms with Crippen molar-refractivity contribution in [2.75, 3.05) is 13.1 Å². The zero-order valence-electron chi connectivity index (χ0n) is 14.2. The number of rotatable bonds is 7. The van der Waals surface area contributed by atoms with Gasteiger partial charge in [0.2, 0.25) is 5.91 Å². The van der Waals surface area contributed by atoms with Crippen molar-refractivity contribution in [1.29, 1.82) is 5.26 Å². The molecule has 1 unspecified atom stereocenters. The second kappa shape index (κ2) is 9.01. The molecule has 0 spiro atoms. The first kappa shape index (κ1) is 19.5. The zero-order chi connectivity index (χ0) is 19.8. The minimum atomic E-state index is -1.23. The molecule has 0 aromatic heterocycles. The molecule has 2 aromatic carbocycles. The molecule has 0 saturated carbocycles. The lowest BCUT2D eigenvalue weighted by Crippen LogP contribution is -2.38. The molecule has 2 rings (SSSR count). The third-order valence-corrected chi connectivity index (χ3v) is 3.82. The molecule has 2 aromatic rings. The van der Waals surface area contributed by atoms with E-state index in [2.05, 4.69) is 10.6 Å². The number of carboxylic acid groups (broad SMARTS) is 1. The van der Waals surface area contributed by atoms with Gasteiger partial charge in [0.1, 0.15) is 12.3 Å². The molecular formula is C19H17N3O5. The lowest BCUT2D eigenvalue weighted by Gasteiger charge is -2.17. The standard InChI is InChI=1S/C19H17N3O5/c20-9-10-21-18(25)16(12-5-7-13(23)8-6-12)11-22-17(24)14-3-1-2-4-15(14)19(26)27/h1-8,16,23H,10-11H2,(H,21,25)(H,22,24)(H,26,27). The summed E-state index contributed by atoms with van der Waals surface area (Å²) in [5.74, 6) is -3.14. The Hall–Kier alpha value is -3.86. The Morgan fingerprint density at radius 3 is 2.22 bits per heavy atom. The minimum Gasteiger partial charge on any atom is -0.508 e. The number of aromatic carboxylic acids is 1. The number of hydrogen-bond donors (Lipinski definition) is 4. The van der Waals surface area contributed by atoms with Crippen LogP contribution in [0.4, 0.5) is 0 Å². The van der Waals surface area contributed by atoms with E-state index >= 15 is 0 Å². The highest BCUT2D eigenvalue weighted by Gasteiger charge is 2.23. The van der Waals surface area contributed by atoms with Crippen LogP contribution in [0.15, 0.2) is 48.5 Å². The molecular weight excluding hydrogens is 350 g/mol. The van der Waals surface area contributed by atoms with Crippen LogP contribution in [-0.4, -0.2) is 41.1 Å². The highest BCUT2D eigenvalue weighted by Crippen LogP contribution is 2.19. The second-order valence-corrected chi connectivity index (χ2v) is 5.58. The summed E-state index contributed by atoms with van der Waals surface area (Å²) in [4.78, 5) is 36.0. The van der Waals surface area contributed by atoms with E-state index < -0.39 is 23.7 Å². The van der Waals surface area contributed by atoms with Crippen LogP contribution in [0.2, 0.25) is 0 Å². The summed E-state index contributed by atoms with van der Waals surface area (Å²) >= 11 is 0. The van der Waals surface area contributed by atoms with Gasteiger partial charge in [-0.1, -0.05) is 24.3 Å². The van der Waals surface area contributed by atoms with E-state index in [-0.39, 0.29) is 30.0 Å². The summed E-state index contributed by atoms with van der Waals surface area (Å²) < 4.78 is 0. The molecule has 2 amide bonds. The predicted octanol–water partition coefficient (Wildman–Crippen LogP) is 1.24. The molecule has 138 valence electrons. The third kappa shape index (κ3) is 5.06. The van der Waals surface area contributed by atoms with Crippen LogP contribution < -0.4 is 10.6 Å². The Balaban J connectivity index is 2.19. The Labute approximate surface area is 155 Å². The smallest absolute Gasteiger partial charge is 0.336 e. The molecule has 0 bridgehead atoms. The van der Waals surface area contributed by atoms with Crippen molar-refractivity contribution in [3.05, 3.63) is 65.2 Å². The summed E-state index contributed by atoms with van der Waals surface area (Å²) in [5.41, 5.74) is 0.354. The largest absolute Gasteiger partial charge is 0.508 e. The first-order chi connectivity index (χ1) is 12.9. The van der Waals surface area contributed by atoms with Crippen molar-refractivity contribution < 1.29 is 24.6 Å². The molecule has 0 fully saturated rings. The van der Waals surface area contributed by atoms with Gasteiger partial charge in [0.05, 0.1) is 23.1 Å². The number of aromatic hydroxyl groups is 1. The number of carboxylic acids is 1. The van der Waals surface area contributed by atoms with Gasteiger partial charge in [-0.25, -0.2) is 4.79 Å². The van der Waals surface area contributed by atoms with Crippen LogP contribution in [0.1, 0.15) is 32.2 Å². The molecule has 0 saturated heterocycles. The van der Waals surface area contributed by atoms with Crippen molar-refractivity contribution in [3.63, 3.8) is 0 Å². The molecule has 0 aliphatic heterocycles. The molecule has 0 aliphatic carbocycles. The summed E-state index contributed by atoms with van der Waals surface area (Å²) in [5, 5.41) is 32.2. The molecule has 4 N–H and O–H groups in total. The van der Waals surface area contributed by atoms with Gasteiger partial charge < -0.3 is 20.8 Å². The van der Waals surface area contributed by atoms with Crippen LogP contribution in [0.3, 0.4) is 0 Å². The number of carbonyl (C=O) groups is 3. The van der Waals surface area contributed by atoms with Gasteiger partial charge in [0.15, 0.2) is 0 Å². The zero-order valence-corrected chi connectivity index (χ0v) is 14.2. The molecule has 1 atom stereocenters. The number of nitriles is 1. The number of phenolic OH excluding ortho intramolecular Hbond substituents is 1. The number of nitrogens with one attached hydrogen (secondary N) is 2. The van der Waals surface area contributed by atoms with Gasteiger partial charge in [-0.05, 0) is 29.8 Å². The van der Waals surface area contributed by atoms with E-state index in [1.165, 1.54) is 42.5 Å². The maximum absolute atomic E-state index is 12.4. The van der Waals surface area contributed by atoms with Crippen molar-refractivity contribution >= 4 is 17.8 Å². The van der Waals surface area contributed by atoms with Crippen LogP contribution in [-0.2, 0) is 4.79 Å². The summed E-state index contributed by atoms with van der Waals surface area (Å²) in [6.45, 7) is -0.308. The van der Waals surface area contributed by atoms with E-state index in [4.69, 9.17) is 5.26 Å². The Morgan fingerprint density at radius 1 is 1.00 bits per heavy atom. The number of hydrogen-bond acceptors (Lipinski definition) is 5. The van der Waals surface area contributed by atoms with Gasteiger partial charge in [0.25, 0.3) is 5.91 Å². The van der Waals surface area contributed by atoms with Crippen LogP contribution >= 0.6 is 0 Å². The second-order valence-electron chi connectivity index (χ2n) is 5.58. The molecule has 0 radical (unpaired) electrons. The Bertz CT molecular complexity index is 887. The summed E-state index contributed by atoms with van der Waals surface area (Å²) in [6.07, 6.45) is 0. The van der Waals surface area contributed by atoms with Crippen LogP contribution in [0.25, 0.3) is 0 Å². The highest BCUT2D eigenvalue weighted by atomic mass is 16.4. The van der Waals surface area contributed by atoms with Crippen molar-refractivity contribution in [3.8, 4) is 11.8 Å². The average molecular weight is 367 g/mol. The van der Waals surface area contributed by atoms with Gasteiger partial charge >= 0.3 is 5.97 Å². The maximum atomic E-state index is 12.4. The lowest BCUT2D eigenvalue weighted by atomic mass is 9.97. The molecule has 0 aliphatic rings. The van der Waals surface area contributed by atoms with Crippen molar-refractivity contribution in [1.82, 2.24) is 10.6 Å². The quantitative estimate of drug-likeness (QED) is 0.543. The number of carbonyl (C=O) groups excluding carboxylic acids is 2. The SMILES string of the molecule is N#CCNC(=O)C(CNC(=O)c1ccccc1C(=O)O)c1ccc(O)cc1. The molecule has 8 heteroatoms. The van der Waals surface area contributed by atoms with E-state index in [0.717, 1.165) is 0 Å². The maximum Gasteiger partial charge on any atom is 0.336 e. The van der Waals surface area contributed by atoms with Crippen molar-refractivity contribution in [2.24, 2.45) is 0 Å². The van der Waals surface area contributed by atoms with Crippen molar-refractivity contribution in [2.45, 2.75) is 5.92 Å². The molecule has 8 nitrogen and oxygen atoms in total. The van der Waals surface area contributed by atoms with Gasteiger partial charge in [-0.2, -0.15) is 5.26 Å². The fourth-order valence-corrected chi connectivity index (χ4v) is 2.48. The van der Waals surface area contributed by atoms with E-state index in [0.29, 0.717) is 5.56 Å². The normalized spacial score (nSPS) is 11.1. The molecule has 27 heavy (non-hydrogen) atoms. The predicted molar refractivity (Wildman–Crippen MR) is 95.2 cm³/mol. The van der Waals surface area contributed by atoms with E-state index in [1.807, 2.05) is 0 Å². The number of phenols is 1. The third-order valence-electron chi connectivity index (χ3n) is 3.82. The van der Waals surface area contributed by atoms with E-state index in [1.54, 1.807) is 12.1 Å². The Morgan fingerprint density at radius 2 is 1.63 bits per heavy atom. The van der Waals surface area contributed by atoms with Crippen LogP contribution in [0, 0.1) is 11.3 Å².